The van der Waals surface area contributed by atoms with Gasteiger partial charge in [0.1, 0.15) is 12.6 Å². The summed E-state index contributed by atoms with van der Waals surface area (Å²) in [5.41, 5.74) is 0.825. The molecule has 10 nitrogen and oxygen atoms in total. The van der Waals surface area contributed by atoms with Gasteiger partial charge in [-0.3, -0.25) is 24.0 Å². The van der Waals surface area contributed by atoms with Crippen LogP contribution in [0, 0.1) is 10.1 Å². The average Bonchev–Trinajstić information content (AvgIpc) is 2.93. The molecule has 0 radical (unpaired) electrons. The monoisotopic (exact) mass is 538 g/mol. The number of likely N-dealkylation sites (N-methyl/N-ethyl adjacent to an activating group) is 1. The lowest BCUT2D eigenvalue weighted by molar-refractivity contribution is -0.384. The van der Waals surface area contributed by atoms with Gasteiger partial charge in [-0.2, -0.15) is 0 Å². The van der Waals surface area contributed by atoms with Crippen LogP contribution in [-0.2, 0) is 26.0 Å². The number of nitrogens with zero attached hydrogens (tertiary/aromatic N) is 3. The third-order valence-electron chi connectivity index (χ3n) is 5.96. The molecule has 200 valence electrons. The maximum Gasteiger partial charge on any atom is 0.269 e. The standard InChI is InChI=1S/C27H30N4O6S/c1-3-28-27(33)21(2)29(19-18-22-10-6-4-7-11-22)26(32)20-30(23-14-16-24(17-15-23)31(34)35)38(36,37)25-12-8-5-9-13-25/h4-17,21H,3,18-20H2,1-2H3,(H,28,33). The first-order valence-corrected chi connectivity index (χ1v) is 13.5. The van der Waals surface area contributed by atoms with Crippen LogP contribution in [-0.4, -0.2) is 55.7 Å². The zero-order valence-electron chi connectivity index (χ0n) is 21.2. The van der Waals surface area contributed by atoms with E-state index in [1.54, 1.807) is 32.0 Å². The van der Waals surface area contributed by atoms with Gasteiger partial charge < -0.3 is 10.2 Å². The molecule has 11 heteroatoms. The molecule has 3 rings (SSSR count). The summed E-state index contributed by atoms with van der Waals surface area (Å²) in [7, 11) is -4.22. The molecule has 0 saturated heterocycles. The van der Waals surface area contributed by atoms with Gasteiger partial charge in [0.2, 0.25) is 11.8 Å². The van der Waals surface area contributed by atoms with Gasteiger partial charge in [0.05, 0.1) is 15.5 Å². The summed E-state index contributed by atoms with van der Waals surface area (Å²) in [4.78, 5) is 38.2. The van der Waals surface area contributed by atoms with Gasteiger partial charge in [-0.05, 0) is 50.1 Å². The second-order valence-electron chi connectivity index (χ2n) is 8.49. The lowest BCUT2D eigenvalue weighted by Gasteiger charge is -2.32. The van der Waals surface area contributed by atoms with Gasteiger partial charge in [-0.15, -0.1) is 0 Å². The van der Waals surface area contributed by atoms with E-state index < -0.39 is 33.4 Å². The Hall–Kier alpha value is -4.25. The highest BCUT2D eigenvalue weighted by Gasteiger charge is 2.32. The first-order valence-electron chi connectivity index (χ1n) is 12.1. The minimum absolute atomic E-state index is 0.0428. The molecule has 1 unspecified atom stereocenters. The Morgan fingerprint density at radius 2 is 1.53 bits per heavy atom. The van der Waals surface area contributed by atoms with Crippen LogP contribution in [0.5, 0.6) is 0 Å². The third kappa shape index (κ3) is 6.94. The normalized spacial score (nSPS) is 11.8. The van der Waals surface area contributed by atoms with Crippen LogP contribution in [0.1, 0.15) is 19.4 Å². The molecule has 3 aromatic rings. The molecule has 38 heavy (non-hydrogen) atoms. The largest absolute Gasteiger partial charge is 0.355 e. The molecule has 0 bridgehead atoms. The number of sulfonamides is 1. The highest BCUT2D eigenvalue weighted by Crippen LogP contribution is 2.26. The highest BCUT2D eigenvalue weighted by atomic mass is 32.2. The Morgan fingerprint density at radius 3 is 2.08 bits per heavy atom. The number of non-ortho nitro benzene ring substituents is 1. The molecule has 0 spiro atoms. The van der Waals surface area contributed by atoms with E-state index >= 15 is 0 Å². The topological polar surface area (TPSA) is 130 Å². The van der Waals surface area contributed by atoms with Gasteiger partial charge in [0, 0.05) is 25.2 Å². The van der Waals surface area contributed by atoms with Crippen LogP contribution >= 0.6 is 0 Å². The summed E-state index contributed by atoms with van der Waals surface area (Å²) in [6, 6.07) is 21.1. The minimum atomic E-state index is -4.22. The van der Waals surface area contributed by atoms with E-state index in [1.807, 2.05) is 30.3 Å². The number of anilines is 1. The summed E-state index contributed by atoms with van der Waals surface area (Å²) in [6.45, 7) is 3.31. The van der Waals surface area contributed by atoms with Crippen LogP contribution in [0.2, 0.25) is 0 Å². The van der Waals surface area contributed by atoms with E-state index in [0.717, 1.165) is 9.87 Å². The van der Waals surface area contributed by atoms with Crippen molar-refractivity contribution in [2.24, 2.45) is 0 Å². The number of carbonyl (C=O) groups is 2. The number of amides is 2. The van der Waals surface area contributed by atoms with E-state index in [1.165, 1.54) is 41.3 Å². The smallest absolute Gasteiger partial charge is 0.269 e. The van der Waals surface area contributed by atoms with Crippen molar-refractivity contribution in [3.05, 3.63) is 101 Å². The number of nitrogens with one attached hydrogen (secondary N) is 1. The lowest BCUT2D eigenvalue weighted by atomic mass is 10.1. The fourth-order valence-corrected chi connectivity index (χ4v) is 5.32. The number of nitro groups is 1. The molecule has 0 saturated carbocycles. The van der Waals surface area contributed by atoms with Crippen molar-refractivity contribution in [2.45, 2.75) is 31.2 Å². The zero-order chi connectivity index (χ0) is 27.7. The van der Waals surface area contributed by atoms with E-state index in [9.17, 15) is 28.1 Å². The van der Waals surface area contributed by atoms with Crippen molar-refractivity contribution in [1.82, 2.24) is 10.2 Å². The van der Waals surface area contributed by atoms with Crippen LogP contribution < -0.4 is 9.62 Å². The van der Waals surface area contributed by atoms with Gasteiger partial charge in [0.15, 0.2) is 0 Å². The first kappa shape index (κ1) is 28.3. The van der Waals surface area contributed by atoms with Gasteiger partial charge in [-0.1, -0.05) is 48.5 Å². The number of rotatable bonds is 12. The SMILES string of the molecule is CCNC(=O)C(C)N(CCc1ccccc1)C(=O)CN(c1ccc([N+](=O)[O-])cc1)S(=O)(=O)c1ccccc1. The second-order valence-corrected chi connectivity index (χ2v) is 10.4. The molecule has 0 fully saturated rings. The molecular formula is C27H30N4O6S. The van der Waals surface area contributed by atoms with E-state index in [2.05, 4.69) is 5.32 Å². The fourth-order valence-electron chi connectivity index (χ4n) is 3.88. The van der Waals surface area contributed by atoms with E-state index in [4.69, 9.17) is 0 Å². The summed E-state index contributed by atoms with van der Waals surface area (Å²) in [6.07, 6.45) is 0.458. The number of hydrogen-bond acceptors (Lipinski definition) is 6. The summed E-state index contributed by atoms with van der Waals surface area (Å²) < 4.78 is 28.2. The molecule has 1 atom stereocenters. The Labute approximate surface area is 222 Å². The average molecular weight is 539 g/mol. The maximum absolute atomic E-state index is 13.7. The zero-order valence-corrected chi connectivity index (χ0v) is 22.0. The van der Waals surface area contributed by atoms with Crippen molar-refractivity contribution in [3.8, 4) is 0 Å². The first-order chi connectivity index (χ1) is 18.1. The fraction of sp³-hybridized carbons (Fsp3) is 0.259. The maximum atomic E-state index is 13.7. The number of carbonyl (C=O) groups excluding carboxylic acids is 2. The lowest BCUT2D eigenvalue weighted by Crippen LogP contribution is -2.52. The third-order valence-corrected chi connectivity index (χ3v) is 7.75. The quantitative estimate of drug-likeness (QED) is 0.278. The summed E-state index contributed by atoms with van der Waals surface area (Å²) in [5.74, 6) is -0.945. The number of hydrogen-bond donors (Lipinski definition) is 1. The van der Waals surface area contributed by atoms with Crippen molar-refractivity contribution in [3.63, 3.8) is 0 Å². The molecule has 0 aliphatic rings. The number of benzene rings is 3. The Balaban J connectivity index is 1.98. The molecule has 0 heterocycles. The predicted octanol–water partition coefficient (Wildman–Crippen LogP) is 3.39. The molecule has 1 N–H and O–H groups in total. The molecule has 0 aliphatic heterocycles. The van der Waals surface area contributed by atoms with Crippen molar-refractivity contribution in [1.29, 1.82) is 0 Å². The second kappa shape index (κ2) is 12.8. The van der Waals surface area contributed by atoms with Crippen molar-refractivity contribution < 1.29 is 22.9 Å². The molecule has 0 aliphatic carbocycles. The number of nitro benzene ring substituents is 1. The summed E-state index contributed by atoms with van der Waals surface area (Å²) >= 11 is 0. The van der Waals surface area contributed by atoms with Gasteiger partial charge >= 0.3 is 0 Å². The van der Waals surface area contributed by atoms with Crippen molar-refractivity contribution in [2.75, 3.05) is 23.9 Å². The van der Waals surface area contributed by atoms with E-state index in [-0.39, 0.29) is 28.7 Å². The summed E-state index contributed by atoms with van der Waals surface area (Å²) in [5, 5.41) is 13.8. The van der Waals surface area contributed by atoms with Gasteiger partial charge in [-0.25, -0.2) is 8.42 Å². The van der Waals surface area contributed by atoms with E-state index in [0.29, 0.717) is 13.0 Å². The Bertz CT molecular complexity index is 1350. The minimum Gasteiger partial charge on any atom is -0.355 e. The van der Waals surface area contributed by atoms with Crippen LogP contribution in [0.15, 0.2) is 89.8 Å². The molecule has 2 amide bonds. The Morgan fingerprint density at radius 1 is 0.947 bits per heavy atom. The molecule has 0 aromatic heterocycles. The predicted molar refractivity (Wildman–Crippen MR) is 144 cm³/mol. The van der Waals surface area contributed by atoms with Crippen molar-refractivity contribution >= 4 is 33.2 Å². The van der Waals surface area contributed by atoms with Crippen LogP contribution in [0.4, 0.5) is 11.4 Å². The Kier molecular flexibility index (Phi) is 9.55. The van der Waals surface area contributed by atoms with Crippen LogP contribution in [0.3, 0.4) is 0 Å². The van der Waals surface area contributed by atoms with Gasteiger partial charge in [0.25, 0.3) is 15.7 Å². The molecular weight excluding hydrogens is 508 g/mol. The highest BCUT2D eigenvalue weighted by molar-refractivity contribution is 7.92. The molecule has 3 aromatic carbocycles. The van der Waals surface area contributed by atoms with Crippen LogP contribution in [0.25, 0.3) is 0 Å².